The lowest BCUT2D eigenvalue weighted by Gasteiger charge is -2.32. The number of aromatic nitrogens is 2. The van der Waals surface area contributed by atoms with Crippen LogP contribution in [0.25, 0.3) is 10.9 Å². The average molecular weight is 400 g/mol. The van der Waals surface area contributed by atoms with Gasteiger partial charge in [-0.1, -0.05) is 32.0 Å². The van der Waals surface area contributed by atoms with Crippen LogP contribution in [0.5, 0.6) is 0 Å². The normalized spacial score (nSPS) is 15.5. The van der Waals surface area contributed by atoms with Gasteiger partial charge in [0.1, 0.15) is 0 Å². The van der Waals surface area contributed by atoms with Gasteiger partial charge >= 0.3 is 0 Å². The lowest BCUT2D eigenvalue weighted by Crippen LogP contribution is -2.46. The van der Waals surface area contributed by atoms with Crippen LogP contribution in [0.15, 0.2) is 24.3 Å². The Morgan fingerprint density at radius 2 is 1.86 bits per heavy atom. The summed E-state index contributed by atoms with van der Waals surface area (Å²) >= 11 is 0. The van der Waals surface area contributed by atoms with Gasteiger partial charge in [0, 0.05) is 50.6 Å². The smallest absolute Gasteiger partial charge is 0.272 e. The number of hydrogen-bond acceptors (Lipinski definition) is 4. The van der Waals surface area contributed by atoms with E-state index in [1.54, 1.807) is 0 Å². The highest BCUT2D eigenvalue weighted by atomic mass is 16.2. The molecule has 1 saturated heterocycles. The van der Waals surface area contributed by atoms with Crippen molar-refractivity contribution in [2.75, 3.05) is 26.2 Å². The second-order valence-electron chi connectivity index (χ2n) is 7.78. The second-order valence-corrected chi connectivity index (χ2v) is 7.78. The van der Waals surface area contributed by atoms with Gasteiger partial charge in [0.2, 0.25) is 5.91 Å². The van der Waals surface area contributed by atoms with E-state index in [9.17, 15) is 9.59 Å². The number of benzene rings is 1. The van der Waals surface area contributed by atoms with Crippen LogP contribution < -0.4 is 10.6 Å². The molecule has 1 aromatic heterocycles. The molecule has 0 radical (unpaired) electrons. The number of rotatable bonds is 9. The quantitative estimate of drug-likeness (QED) is 0.679. The number of carbonyl (C=O) groups is 2. The molecule has 1 aliphatic heterocycles. The van der Waals surface area contributed by atoms with Crippen molar-refractivity contribution in [1.29, 1.82) is 0 Å². The molecule has 3 rings (SSSR count). The SMILES string of the molecule is CCCC(=O)NC1CCN(CCNC(=O)c2nn(CCC)c3ccccc23)CC1. The minimum atomic E-state index is -0.113. The largest absolute Gasteiger partial charge is 0.353 e. The summed E-state index contributed by atoms with van der Waals surface area (Å²) in [6.45, 7) is 8.23. The standard InChI is InChI=1S/C22H33N5O2/c1-3-7-20(28)24-17-10-14-26(15-11-17)16-12-23-22(29)21-18-8-5-6-9-19(18)27(25-21)13-4-2/h5-6,8-9,17H,3-4,7,10-16H2,1-2H3,(H,23,29)(H,24,28). The monoisotopic (exact) mass is 399 g/mol. The van der Waals surface area contributed by atoms with E-state index in [1.807, 2.05) is 35.9 Å². The van der Waals surface area contributed by atoms with E-state index < -0.39 is 0 Å². The van der Waals surface area contributed by atoms with Crippen LogP contribution in [0.1, 0.15) is 56.4 Å². The number of nitrogens with one attached hydrogen (secondary N) is 2. The van der Waals surface area contributed by atoms with Gasteiger partial charge in [-0.15, -0.1) is 0 Å². The third kappa shape index (κ3) is 5.56. The van der Waals surface area contributed by atoms with Gasteiger partial charge in [0.05, 0.1) is 5.52 Å². The van der Waals surface area contributed by atoms with Gasteiger partial charge in [-0.2, -0.15) is 5.10 Å². The Morgan fingerprint density at radius 3 is 2.59 bits per heavy atom. The number of amides is 2. The molecular formula is C22H33N5O2. The zero-order chi connectivity index (χ0) is 20.6. The molecule has 158 valence electrons. The van der Waals surface area contributed by atoms with Gasteiger partial charge in [0.15, 0.2) is 5.69 Å². The summed E-state index contributed by atoms with van der Waals surface area (Å²) in [4.78, 5) is 26.8. The zero-order valence-electron chi connectivity index (χ0n) is 17.6. The minimum Gasteiger partial charge on any atom is -0.353 e. The summed E-state index contributed by atoms with van der Waals surface area (Å²) in [7, 11) is 0. The lowest BCUT2D eigenvalue weighted by atomic mass is 10.0. The fourth-order valence-corrected chi connectivity index (χ4v) is 3.92. The highest BCUT2D eigenvalue weighted by Crippen LogP contribution is 2.18. The molecule has 0 saturated carbocycles. The molecule has 2 aromatic rings. The molecule has 2 heterocycles. The minimum absolute atomic E-state index is 0.113. The topological polar surface area (TPSA) is 79.3 Å². The van der Waals surface area contributed by atoms with E-state index in [-0.39, 0.29) is 17.9 Å². The molecule has 7 nitrogen and oxygen atoms in total. The first-order chi connectivity index (χ1) is 14.1. The van der Waals surface area contributed by atoms with Gasteiger partial charge in [-0.3, -0.25) is 14.3 Å². The van der Waals surface area contributed by atoms with E-state index in [2.05, 4.69) is 27.6 Å². The van der Waals surface area contributed by atoms with E-state index >= 15 is 0 Å². The molecule has 2 N–H and O–H groups in total. The lowest BCUT2D eigenvalue weighted by molar-refractivity contribution is -0.122. The van der Waals surface area contributed by atoms with Crippen LogP contribution in [-0.4, -0.2) is 58.7 Å². The predicted molar refractivity (Wildman–Crippen MR) is 115 cm³/mol. The van der Waals surface area contributed by atoms with Gasteiger partial charge in [0.25, 0.3) is 5.91 Å². The first-order valence-electron chi connectivity index (χ1n) is 10.9. The van der Waals surface area contributed by atoms with Crippen LogP contribution >= 0.6 is 0 Å². The van der Waals surface area contributed by atoms with Crippen LogP contribution in [0.2, 0.25) is 0 Å². The summed E-state index contributed by atoms with van der Waals surface area (Å²) < 4.78 is 1.92. The Labute approximate surface area is 172 Å². The maximum absolute atomic E-state index is 12.7. The van der Waals surface area contributed by atoms with E-state index in [1.165, 1.54) is 0 Å². The molecular weight excluding hydrogens is 366 g/mol. The number of nitrogens with zero attached hydrogens (tertiary/aromatic N) is 3. The molecule has 2 amide bonds. The molecule has 0 spiro atoms. The number of aryl methyl sites for hydroxylation is 1. The van der Waals surface area contributed by atoms with E-state index in [0.29, 0.717) is 18.7 Å². The van der Waals surface area contributed by atoms with Crippen molar-refractivity contribution in [3.8, 4) is 0 Å². The van der Waals surface area contributed by atoms with Crippen LogP contribution in [0.4, 0.5) is 0 Å². The van der Waals surface area contributed by atoms with Crippen molar-refractivity contribution < 1.29 is 9.59 Å². The second kappa shape index (κ2) is 10.4. The van der Waals surface area contributed by atoms with Crippen LogP contribution in [0.3, 0.4) is 0 Å². The van der Waals surface area contributed by atoms with E-state index in [0.717, 1.165) is 62.8 Å². The molecule has 0 atom stereocenters. The first kappa shape index (κ1) is 21.3. The number of piperidine rings is 1. The maximum Gasteiger partial charge on any atom is 0.272 e. The number of fused-ring (bicyclic) bond motifs is 1. The third-order valence-electron chi connectivity index (χ3n) is 5.45. The van der Waals surface area contributed by atoms with Crippen molar-refractivity contribution in [3.63, 3.8) is 0 Å². The maximum atomic E-state index is 12.7. The molecule has 1 fully saturated rings. The predicted octanol–water partition coefficient (Wildman–Crippen LogP) is 2.56. The summed E-state index contributed by atoms with van der Waals surface area (Å²) in [5.74, 6) is 0.0470. The molecule has 1 aliphatic rings. The Bertz CT molecular complexity index is 824. The Balaban J connectivity index is 1.46. The van der Waals surface area contributed by atoms with Crippen molar-refractivity contribution >= 4 is 22.7 Å². The Hall–Kier alpha value is -2.41. The van der Waals surface area contributed by atoms with Gasteiger partial charge in [-0.05, 0) is 31.7 Å². The average Bonchev–Trinajstić information content (AvgIpc) is 3.09. The Morgan fingerprint density at radius 1 is 1.10 bits per heavy atom. The fourth-order valence-electron chi connectivity index (χ4n) is 3.92. The van der Waals surface area contributed by atoms with E-state index in [4.69, 9.17) is 0 Å². The van der Waals surface area contributed by atoms with Gasteiger partial charge < -0.3 is 15.5 Å². The van der Waals surface area contributed by atoms with Crippen molar-refractivity contribution in [3.05, 3.63) is 30.0 Å². The first-order valence-corrected chi connectivity index (χ1v) is 10.9. The number of para-hydroxylation sites is 1. The zero-order valence-corrected chi connectivity index (χ0v) is 17.6. The van der Waals surface area contributed by atoms with Gasteiger partial charge in [-0.25, -0.2) is 0 Å². The summed E-state index contributed by atoms with van der Waals surface area (Å²) in [6, 6.07) is 8.18. The Kier molecular flexibility index (Phi) is 7.63. The number of carbonyl (C=O) groups excluding carboxylic acids is 2. The molecule has 0 bridgehead atoms. The third-order valence-corrected chi connectivity index (χ3v) is 5.45. The molecule has 0 aliphatic carbocycles. The highest BCUT2D eigenvalue weighted by Gasteiger charge is 2.21. The van der Waals surface area contributed by atoms with Crippen LogP contribution in [-0.2, 0) is 11.3 Å². The fraction of sp³-hybridized carbons (Fsp3) is 0.591. The molecule has 29 heavy (non-hydrogen) atoms. The summed E-state index contributed by atoms with van der Waals surface area (Å²) in [6.07, 6.45) is 4.40. The number of hydrogen-bond donors (Lipinski definition) is 2. The van der Waals surface area contributed by atoms with Crippen molar-refractivity contribution in [1.82, 2.24) is 25.3 Å². The molecule has 0 unspecified atom stereocenters. The van der Waals surface area contributed by atoms with Crippen LogP contribution in [0, 0.1) is 0 Å². The number of likely N-dealkylation sites (tertiary alicyclic amines) is 1. The summed E-state index contributed by atoms with van der Waals surface area (Å²) in [5.41, 5.74) is 1.51. The molecule has 1 aromatic carbocycles. The van der Waals surface area contributed by atoms with Crippen molar-refractivity contribution in [2.24, 2.45) is 0 Å². The highest BCUT2D eigenvalue weighted by molar-refractivity contribution is 6.04. The molecule has 7 heteroatoms. The van der Waals surface area contributed by atoms with Crippen molar-refractivity contribution in [2.45, 2.75) is 58.5 Å². The summed E-state index contributed by atoms with van der Waals surface area (Å²) in [5, 5.41) is 11.6.